The Morgan fingerprint density at radius 2 is 0.873 bits per heavy atom. The Labute approximate surface area is 428 Å². The first-order valence-electron chi connectivity index (χ1n) is 26.7. The molecule has 0 atom stereocenters. The van der Waals surface area contributed by atoms with E-state index in [0.717, 1.165) is 0 Å². The molecule has 0 saturated carbocycles. The third-order valence-electron chi connectivity index (χ3n) is 19.3. The molecular weight excluding hydrogens is 876 g/mol. The van der Waals surface area contributed by atoms with Crippen LogP contribution in [0.25, 0.3) is 20.2 Å². The summed E-state index contributed by atoms with van der Waals surface area (Å²) < 4.78 is 2.72. The van der Waals surface area contributed by atoms with Crippen LogP contribution < -0.4 is 26.2 Å². The van der Waals surface area contributed by atoms with Crippen molar-refractivity contribution in [3.8, 4) is 0 Å². The molecule has 0 fully saturated rings. The fourth-order valence-electron chi connectivity index (χ4n) is 14.7. The maximum absolute atomic E-state index is 2.76. The van der Waals surface area contributed by atoms with Gasteiger partial charge in [0.05, 0.1) is 10.4 Å². The van der Waals surface area contributed by atoms with E-state index >= 15 is 0 Å². The Morgan fingerprint density at radius 3 is 1.44 bits per heavy atom. The molecule has 0 bridgehead atoms. The van der Waals surface area contributed by atoms with E-state index in [1.54, 1.807) is 0 Å². The topological polar surface area (TPSA) is 6.48 Å². The molecule has 1 aromatic heterocycles. The summed E-state index contributed by atoms with van der Waals surface area (Å²) in [6.07, 6.45) is 4.75. The Kier molecular flexibility index (Phi) is 9.15. The summed E-state index contributed by atoms with van der Waals surface area (Å²) in [5.41, 5.74) is 27.8. The number of benzene rings is 7. The summed E-state index contributed by atoms with van der Waals surface area (Å²) in [7, 11) is 0. The number of aryl methyl sites for hydroxylation is 3. The van der Waals surface area contributed by atoms with Crippen LogP contribution in [0.2, 0.25) is 0 Å². The molecule has 0 amide bonds. The normalized spacial score (nSPS) is 19.8. The summed E-state index contributed by atoms with van der Waals surface area (Å²) in [6, 6.07) is 44.3. The molecule has 0 N–H and O–H groups in total. The zero-order chi connectivity index (χ0) is 49.9. The minimum Gasteiger partial charge on any atom is -0.311 e. The molecule has 0 unspecified atom stereocenters. The van der Waals surface area contributed by atoms with Crippen LogP contribution in [0.4, 0.5) is 34.1 Å². The van der Waals surface area contributed by atoms with Crippen molar-refractivity contribution in [2.75, 3.05) is 9.80 Å². The number of hydrogen-bond acceptors (Lipinski definition) is 3. The van der Waals surface area contributed by atoms with E-state index in [-0.39, 0.29) is 39.2 Å². The summed E-state index contributed by atoms with van der Waals surface area (Å²) in [5.74, 6) is 0. The minimum absolute atomic E-state index is 0.00992. The molecule has 358 valence electrons. The summed E-state index contributed by atoms with van der Waals surface area (Å²) in [6.45, 7) is 36.9. The molecule has 8 aromatic rings. The Balaban J connectivity index is 1.18. The summed E-state index contributed by atoms with van der Waals surface area (Å²) >= 11 is 1.98. The van der Waals surface area contributed by atoms with Crippen LogP contribution in [0.1, 0.15) is 170 Å². The van der Waals surface area contributed by atoms with Gasteiger partial charge in [0.25, 0.3) is 6.71 Å². The summed E-state index contributed by atoms with van der Waals surface area (Å²) in [5, 5.41) is 2.69. The third-order valence-corrected chi connectivity index (χ3v) is 20.5. The van der Waals surface area contributed by atoms with Gasteiger partial charge in [-0.15, -0.1) is 11.3 Å². The first kappa shape index (κ1) is 45.3. The number of nitrogens with zero attached hydrogens (tertiary/aromatic N) is 2. The SMILES string of the molecule is Cc1cc2c3c(c1)N(c1cc4c(cc1C)C(C)(C)CCC4(C)C)c1c(ccc4c1sc1ccccc14)B3c1cc3c(cc1N2c1cc2c(cc1C)C(C)(C)CCC2(C)C)C(C)(C)c1ccccc1C3(C)C. The first-order chi connectivity index (χ1) is 33.4. The van der Waals surface area contributed by atoms with Gasteiger partial charge in [0.2, 0.25) is 0 Å². The second-order valence-electron chi connectivity index (χ2n) is 26.5. The van der Waals surface area contributed by atoms with Crippen LogP contribution in [-0.2, 0) is 32.5 Å². The quantitative estimate of drug-likeness (QED) is 0.159. The standard InChI is InChI=1S/C67H71BN2S/c1-38-30-56-59-57(31-38)70(54-36-48-46(33-40(54)3)63(6,7)27-29-65(48,10)11)60-51(25-24-42-41-20-16-19-23-58(41)71-61(42)60)68(59)52-34-49-50(67(14,15)44-22-18-17-21-43(44)66(49,12)13)37-55(52)69(56)53-35-47-45(32-39(53)2)62(4,5)26-28-64(47,8)9/h16-25,30-37H,26-29H2,1-15H3. The van der Waals surface area contributed by atoms with Crippen molar-refractivity contribution >= 4 is 88.7 Å². The van der Waals surface area contributed by atoms with Crippen LogP contribution in [0, 0.1) is 20.8 Å². The van der Waals surface area contributed by atoms with Gasteiger partial charge in [-0.3, -0.25) is 0 Å². The van der Waals surface area contributed by atoms with Crippen LogP contribution in [-0.4, -0.2) is 6.71 Å². The Morgan fingerprint density at radius 1 is 0.408 bits per heavy atom. The predicted molar refractivity (Wildman–Crippen MR) is 309 cm³/mol. The minimum atomic E-state index is -0.200. The van der Waals surface area contributed by atoms with E-state index in [4.69, 9.17) is 0 Å². The molecule has 0 saturated heterocycles. The number of fused-ring (bicyclic) bond motifs is 12. The van der Waals surface area contributed by atoms with E-state index in [1.165, 1.54) is 158 Å². The van der Waals surface area contributed by atoms with Crippen molar-refractivity contribution in [1.29, 1.82) is 0 Å². The van der Waals surface area contributed by atoms with Crippen LogP contribution in [0.15, 0.2) is 109 Å². The third kappa shape index (κ3) is 6.07. The lowest BCUT2D eigenvalue weighted by molar-refractivity contribution is 0.332. The largest absolute Gasteiger partial charge is 0.311 e. The fraction of sp³-hybridized carbons (Fsp3) is 0.373. The molecule has 2 aliphatic heterocycles. The summed E-state index contributed by atoms with van der Waals surface area (Å²) in [4.78, 5) is 5.51. The average molecular weight is 947 g/mol. The molecule has 4 heteroatoms. The lowest BCUT2D eigenvalue weighted by atomic mass is 9.33. The van der Waals surface area contributed by atoms with Gasteiger partial charge in [-0.05, 0) is 182 Å². The van der Waals surface area contributed by atoms with E-state index in [9.17, 15) is 0 Å². The monoisotopic (exact) mass is 947 g/mol. The van der Waals surface area contributed by atoms with Crippen molar-refractivity contribution < 1.29 is 0 Å². The molecule has 5 aliphatic rings. The molecule has 13 rings (SSSR count). The Hall–Kier alpha value is -5.58. The molecule has 2 nitrogen and oxygen atoms in total. The van der Waals surface area contributed by atoms with Crippen LogP contribution in [0.5, 0.6) is 0 Å². The smallest absolute Gasteiger partial charge is 0.252 e. The highest BCUT2D eigenvalue weighted by atomic mass is 32.1. The molecule has 71 heavy (non-hydrogen) atoms. The van der Waals surface area contributed by atoms with Gasteiger partial charge in [0.1, 0.15) is 0 Å². The highest BCUT2D eigenvalue weighted by molar-refractivity contribution is 7.26. The van der Waals surface area contributed by atoms with Gasteiger partial charge in [-0.25, -0.2) is 0 Å². The van der Waals surface area contributed by atoms with Crippen molar-refractivity contribution in [2.24, 2.45) is 0 Å². The van der Waals surface area contributed by atoms with Gasteiger partial charge in [0, 0.05) is 54.7 Å². The average Bonchev–Trinajstić information content (AvgIpc) is 3.70. The predicted octanol–water partition coefficient (Wildman–Crippen LogP) is 16.7. The van der Waals surface area contributed by atoms with Crippen molar-refractivity contribution in [2.45, 2.75) is 162 Å². The van der Waals surface area contributed by atoms with Crippen molar-refractivity contribution in [3.63, 3.8) is 0 Å². The molecular formula is C67H71BN2S. The lowest BCUT2D eigenvalue weighted by Crippen LogP contribution is -2.62. The van der Waals surface area contributed by atoms with E-state index in [2.05, 4.69) is 223 Å². The van der Waals surface area contributed by atoms with Crippen molar-refractivity contribution in [3.05, 3.63) is 170 Å². The van der Waals surface area contributed by atoms with Gasteiger partial charge < -0.3 is 9.80 Å². The number of rotatable bonds is 2. The molecule has 3 aliphatic carbocycles. The van der Waals surface area contributed by atoms with E-state index in [0.29, 0.717) is 0 Å². The van der Waals surface area contributed by atoms with Crippen LogP contribution in [0.3, 0.4) is 0 Å². The zero-order valence-electron chi connectivity index (χ0n) is 45.1. The Bertz CT molecular complexity index is 3670. The van der Waals surface area contributed by atoms with Gasteiger partial charge in [0.15, 0.2) is 0 Å². The highest BCUT2D eigenvalue weighted by Crippen LogP contribution is 2.57. The number of hydrogen-bond donors (Lipinski definition) is 0. The van der Waals surface area contributed by atoms with Crippen molar-refractivity contribution in [1.82, 2.24) is 0 Å². The fourth-order valence-corrected chi connectivity index (χ4v) is 16.0. The second kappa shape index (κ2) is 14.3. The highest BCUT2D eigenvalue weighted by Gasteiger charge is 2.50. The maximum Gasteiger partial charge on any atom is 0.252 e. The van der Waals surface area contributed by atoms with Gasteiger partial charge in [-0.1, -0.05) is 156 Å². The molecule has 3 heterocycles. The number of thiophene rings is 1. The van der Waals surface area contributed by atoms with E-state index < -0.39 is 0 Å². The van der Waals surface area contributed by atoms with Crippen LogP contribution >= 0.6 is 11.3 Å². The molecule has 7 aromatic carbocycles. The zero-order valence-corrected chi connectivity index (χ0v) is 45.9. The maximum atomic E-state index is 2.76. The number of anilines is 6. The molecule has 0 spiro atoms. The lowest BCUT2D eigenvalue weighted by Gasteiger charge is -2.49. The second-order valence-corrected chi connectivity index (χ2v) is 27.5. The molecule has 0 radical (unpaired) electrons. The van der Waals surface area contributed by atoms with Gasteiger partial charge in [-0.2, -0.15) is 0 Å². The van der Waals surface area contributed by atoms with E-state index in [1.807, 2.05) is 11.3 Å². The van der Waals surface area contributed by atoms with Gasteiger partial charge >= 0.3 is 0 Å². The first-order valence-corrected chi connectivity index (χ1v) is 27.5.